The van der Waals surface area contributed by atoms with Crippen LogP contribution in [0.5, 0.6) is 0 Å². The summed E-state index contributed by atoms with van der Waals surface area (Å²) in [4.78, 5) is 3.10. The van der Waals surface area contributed by atoms with Crippen LogP contribution < -0.4 is 5.73 Å². The van der Waals surface area contributed by atoms with Gasteiger partial charge in [0.25, 0.3) is 0 Å². The van der Waals surface area contributed by atoms with Crippen molar-refractivity contribution in [3.8, 4) is 0 Å². The summed E-state index contributed by atoms with van der Waals surface area (Å²) < 4.78 is 0. The topological polar surface area (TPSA) is 26.0 Å². The Morgan fingerprint density at radius 3 is 2.73 bits per heavy atom. The predicted octanol–water partition coefficient (Wildman–Crippen LogP) is 3.93. The largest absolute Gasteiger partial charge is 0.330 e. The van der Waals surface area contributed by atoms with E-state index in [2.05, 4.69) is 26.0 Å². The molecule has 0 bridgehead atoms. The third-order valence-corrected chi connectivity index (χ3v) is 4.14. The molecular weight excluding hydrogens is 202 g/mol. The van der Waals surface area contributed by atoms with Crippen LogP contribution in [0.15, 0.2) is 12.1 Å². The fraction of sp³-hybridized carbons (Fsp3) is 0.692. The van der Waals surface area contributed by atoms with Gasteiger partial charge >= 0.3 is 0 Å². The minimum absolute atomic E-state index is 0.740. The van der Waals surface area contributed by atoms with Crippen LogP contribution in [0.25, 0.3) is 0 Å². The Morgan fingerprint density at radius 1 is 1.33 bits per heavy atom. The van der Waals surface area contributed by atoms with Gasteiger partial charge in [-0.3, -0.25) is 0 Å². The van der Waals surface area contributed by atoms with Gasteiger partial charge in [0.1, 0.15) is 0 Å². The van der Waals surface area contributed by atoms with Gasteiger partial charge in [-0.25, -0.2) is 0 Å². The Bertz CT molecular complexity index is 267. The molecule has 1 heterocycles. The highest BCUT2D eigenvalue weighted by molar-refractivity contribution is 7.12. The molecule has 2 heteroatoms. The van der Waals surface area contributed by atoms with Crippen LogP contribution in [-0.2, 0) is 6.42 Å². The first-order chi connectivity index (χ1) is 7.31. The summed E-state index contributed by atoms with van der Waals surface area (Å²) in [6, 6.07) is 4.62. The number of rotatable bonds is 7. The second kappa shape index (κ2) is 7.02. The molecule has 0 aliphatic rings. The lowest BCUT2D eigenvalue weighted by Gasteiger charge is -2.11. The number of thiophene rings is 1. The van der Waals surface area contributed by atoms with E-state index in [1.54, 1.807) is 9.75 Å². The van der Waals surface area contributed by atoms with Crippen molar-refractivity contribution in [2.75, 3.05) is 6.54 Å². The molecule has 0 aliphatic heterocycles. The van der Waals surface area contributed by atoms with Crippen LogP contribution in [0.3, 0.4) is 0 Å². The summed E-state index contributed by atoms with van der Waals surface area (Å²) in [6.07, 6.45) is 6.13. The molecule has 1 unspecified atom stereocenters. The van der Waals surface area contributed by atoms with Crippen molar-refractivity contribution < 1.29 is 0 Å². The molecule has 15 heavy (non-hydrogen) atoms. The smallest absolute Gasteiger partial charge is 0.00790 e. The molecule has 0 radical (unpaired) electrons. The molecule has 0 amide bonds. The Hall–Kier alpha value is -0.340. The van der Waals surface area contributed by atoms with Crippen LogP contribution in [0.2, 0.25) is 0 Å². The van der Waals surface area contributed by atoms with E-state index < -0.39 is 0 Å². The van der Waals surface area contributed by atoms with Crippen LogP contribution in [0.1, 0.15) is 55.2 Å². The molecule has 1 atom stereocenters. The second-order valence-corrected chi connectivity index (χ2v) is 5.29. The van der Waals surface area contributed by atoms with E-state index in [0.29, 0.717) is 0 Å². The van der Waals surface area contributed by atoms with Gasteiger partial charge in [0.05, 0.1) is 0 Å². The summed E-state index contributed by atoms with van der Waals surface area (Å²) >= 11 is 2.00. The van der Waals surface area contributed by atoms with E-state index in [1.807, 2.05) is 11.3 Å². The number of hydrogen-bond donors (Lipinski definition) is 1. The number of nitrogens with two attached hydrogens (primary N) is 1. The summed E-state index contributed by atoms with van der Waals surface area (Å²) in [5.74, 6) is 0.740. The van der Waals surface area contributed by atoms with Gasteiger partial charge in [0.15, 0.2) is 0 Å². The lowest BCUT2D eigenvalue weighted by molar-refractivity contribution is 0.589. The average molecular weight is 225 g/mol. The summed E-state index contributed by atoms with van der Waals surface area (Å²) in [7, 11) is 0. The molecule has 86 valence electrons. The molecule has 2 N–H and O–H groups in total. The van der Waals surface area contributed by atoms with E-state index in [-0.39, 0.29) is 0 Å². The van der Waals surface area contributed by atoms with Gasteiger partial charge in [-0.05, 0) is 50.3 Å². The average Bonchev–Trinajstić information content (AvgIpc) is 2.68. The maximum absolute atomic E-state index is 5.57. The first-order valence-electron chi connectivity index (χ1n) is 6.10. The molecule has 0 aliphatic carbocycles. The highest BCUT2D eigenvalue weighted by Crippen LogP contribution is 2.31. The SMILES string of the molecule is CCCc1ccc(C(CC)CCCN)s1. The normalized spacial score (nSPS) is 13.0. The van der Waals surface area contributed by atoms with Crippen LogP contribution >= 0.6 is 11.3 Å². The molecule has 1 aromatic rings. The van der Waals surface area contributed by atoms with E-state index >= 15 is 0 Å². The fourth-order valence-corrected chi connectivity index (χ4v) is 3.24. The Labute approximate surface area is 97.7 Å². The molecule has 0 aromatic carbocycles. The first-order valence-corrected chi connectivity index (χ1v) is 6.92. The first kappa shape index (κ1) is 12.7. The minimum Gasteiger partial charge on any atom is -0.330 e. The van der Waals surface area contributed by atoms with Gasteiger partial charge in [-0.1, -0.05) is 20.3 Å². The van der Waals surface area contributed by atoms with Gasteiger partial charge in [0.2, 0.25) is 0 Å². The van der Waals surface area contributed by atoms with E-state index in [9.17, 15) is 0 Å². The highest BCUT2D eigenvalue weighted by Gasteiger charge is 2.11. The standard InChI is InChI=1S/C13H23NS/c1-3-6-12-8-9-13(15-12)11(4-2)7-5-10-14/h8-9,11H,3-7,10,14H2,1-2H3. The van der Waals surface area contributed by atoms with Gasteiger partial charge in [0, 0.05) is 9.75 Å². The Kier molecular flexibility index (Phi) is 5.96. The highest BCUT2D eigenvalue weighted by atomic mass is 32.1. The third kappa shape index (κ3) is 3.96. The van der Waals surface area contributed by atoms with Gasteiger partial charge in [-0.15, -0.1) is 11.3 Å². The van der Waals surface area contributed by atoms with Crippen LogP contribution in [0.4, 0.5) is 0 Å². The van der Waals surface area contributed by atoms with Crippen molar-refractivity contribution in [1.82, 2.24) is 0 Å². The maximum atomic E-state index is 5.57. The fourth-order valence-electron chi connectivity index (χ4n) is 1.91. The lowest BCUT2D eigenvalue weighted by atomic mass is 9.99. The molecule has 1 nitrogen and oxygen atoms in total. The second-order valence-electron chi connectivity index (χ2n) is 4.09. The zero-order chi connectivity index (χ0) is 11.1. The lowest BCUT2D eigenvalue weighted by Crippen LogP contribution is -2.02. The Balaban J connectivity index is 2.57. The van der Waals surface area contributed by atoms with Crippen molar-refractivity contribution in [2.24, 2.45) is 5.73 Å². The van der Waals surface area contributed by atoms with Crippen LogP contribution in [-0.4, -0.2) is 6.54 Å². The van der Waals surface area contributed by atoms with Crippen molar-refractivity contribution in [3.05, 3.63) is 21.9 Å². The quantitative estimate of drug-likeness (QED) is 0.747. The summed E-state index contributed by atoms with van der Waals surface area (Å²) in [6.45, 7) is 5.34. The van der Waals surface area contributed by atoms with Gasteiger partial charge < -0.3 is 5.73 Å². The Morgan fingerprint density at radius 2 is 2.13 bits per heavy atom. The predicted molar refractivity (Wildman–Crippen MR) is 69.6 cm³/mol. The van der Waals surface area contributed by atoms with E-state index in [0.717, 1.165) is 18.9 Å². The molecule has 0 fully saturated rings. The molecule has 1 aromatic heterocycles. The summed E-state index contributed by atoms with van der Waals surface area (Å²) in [5.41, 5.74) is 5.57. The number of hydrogen-bond acceptors (Lipinski definition) is 2. The van der Waals surface area contributed by atoms with Crippen LogP contribution in [0, 0.1) is 0 Å². The molecule has 0 spiro atoms. The van der Waals surface area contributed by atoms with Crippen molar-refractivity contribution in [2.45, 2.75) is 51.9 Å². The third-order valence-electron chi connectivity index (χ3n) is 2.83. The molecule has 0 saturated heterocycles. The molecule has 0 saturated carbocycles. The van der Waals surface area contributed by atoms with E-state index in [1.165, 1.54) is 25.7 Å². The van der Waals surface area contributed by atoms with Crippen molar-refractivity contribution in [3.63, 3.8) is 0 Å². The number of aryl methyl sites for hydroxylation is 1. The minimum atomic E-state index is 0.740. The van der Waals surface area contributed by atoms with Gasteiger partial charge in [-0.2, -0.15) is 0 Å². The zero-order valence-corrected chi connectivity index (χ0v) is 10.8. The summed E-state index contributed by atoms with van der Waals surface area (Å²) in [5, 5.41) is 0. The zero-order valence-electron chi connectivity index (χ0n) is 9.96. The monoisotopic (exact) mass is 225 g/mol. The molecule has 1 rings (SSSR count). The van der Waals surface area contributed by atoms with Crippen molar-refractivity contribution >= 4 is 11.3 Å². The maximum Gasteiger partial charge on any atom is 0.00790 e. The van der Waals surface area contributed by atoms with E-state index in [4.69, 9.17) is 5.73 Å². The van der Waals surface area contributed by atoms with Crippen molar-refractivity contribution in [1.29, 1.82) is 0 Å². The molecular formula is C13H23NS.